The van der Waals surface area contributed by atoms with E-state index in [1.807, 2.05) is 12.1 Å². The molecule has 1 N–H and O–H groups in total. The summed E-state index contributed by atoms with van der Waals surface area (Å²) in [7, 11) is 0. The quantitative estimate of drug-likeness (QED) is 0.763. The third-order valence-corrected chi connectivity index (χ3v) is 4.55. The maximum absolute atomic E-state index is 5.95. The Balaban J connectivity index is 2.02. The molecule has 0 bridgehead atoms. The number of hydrogen-bond donors (Lipinski definition) is 1. The van der Waals surface area contributed by atoms with Crippen molar-refractivity contribution in [2.45, 2.75) is 38.6 Å². The summed E-state index contributed by atoms with van der Waals surface area (Å²) in [6.45, 7) is 2.29. The van der Waals surface area contributed by atoms with Gasteiger partial charge in [-0.1, -0.05) is 24.4 Å². The van der Waals surface area contributed by atoms with Gasteiger partial charge in [0.05, 0.1) is 0 Å². The van der Waals surface area contributed by atoms with E-state index in [4.69, 9.17) is 11.6 Å². The van der Waals surface area contributed by atoms with Crippen LogP contribution in [0.15, 0.2) is 18.2 Å². The highest BCUT2D eigenvalue weighted by atomic mass is 127. The van der Waals surface area contributed by atoms with Crippen molar-refractivity contribution < 1.29 is 0 Å². The zero-order chi connectivity index (χ0) is 11.5. The Morgan fingerprint density at radius 3 is 2.69 bits per heavy atom. The lowest BCUT2D eigenvalue weighted by Gasteiger charge is -2.22. The average molecular weight is 350 g/mol. The molecule has 1 saturated carbocycles. The van der Waals surface area contributed by atoms with E-state index in [1.54, 1.807) is 0 Å². The van der Waals surface area contributed by atoms with Crippen LogP contribution >= 0.6 is 34.2 Å². The molecule has 1 fully saturated rings. The fourth-order valence-corrected chi connectivity index (χ4v) is 3.45. The largest absolute Gasteiger partial charge is 0.381 e. The van der Waals surface area contributed by atoms with Crippen LogP contribution in [0.2, 0.25) is 5.02 Å². The van der Waals surface area contributed by atoms with Crippen molar-refractivity contribution in [2.75, 3.05) is 5.32 Å². The molecule has 88 valence electrons. The van der Waals surface area contributed by atoms with Gasteiger partial charge < -0.3 is 5.32 Å². The highest BCUT2D eigenvalue weighted by Gasteiger charge is 2.21. The Bertz CT molecular complexity index is 361. The first-order valence-corrected chi connectivity index (χ1v) is 7.34. The van der Waals surface area contributed by atoms with Crippen LogP contribution < -0.4 is 5.32 Å². The van der Waals surface area contributed by atoms with Crippen LogP contribution in [0.1, 0.15) is 32.6 Å². The van der Waals surface area contributed by atoms with E-state index >= 15 is 0 Å². The van der Waals surface area contributed by atoms with Gasteiger partial charge in [0.15, 0.2) is 0 Å². The monoisotopic (exact) mass is 349 g/mol. The molecule has 1 unspecified atom stereocenters. The van der Waals surface area contributed by atoms with E-state index in [1.165, 1.54) is 34.9 Å². The smallest absolute Gasteiger partial charge is 0.0479 e. The van der Waals surface area contributed by atoms with Gasteiger partial charge >= 0.3 is 0 Å². The molecule has 1 aromatic rings. The molecule has 1 aromatic carbocycles. The minimum Gasteiger partial charge on any atom is -0.381 e. The highest BCUT2D eigenvalue weighted by Crippen LogP contribution is 2.30. The van der Waals surface area contributed by atoms with Crippen molar-refractivity contribution in [1.29, 1.82) is 0 Å². The normalized spacial score (nSPS) is 18.7. The molecular weight excluding hydrogens is 333 g/mol. The predicted octanol–water partition coefficient (Wildman–Crippen LogP) is 4.94. The summed E-state index contributed by atoms with van der Waals surface area (Å²) in [5.74, 6) is 0.839. The van der Waals surface area contributed by atoms with Gasteiger partial charge in [0.25, 0.3) is 0 Å². The molecule has 1 aliphatic carbocycles. The van der Waals surface area contributed by atoms with E-state index in [0.717, 1.165) is 10.9 Å². The predicted molar refractivity (Wildman–Crippen MR) is 79.2 cm³/mol. The molecule has 2 rings (SSSR count). The maximum Gasteiger partial charge on any atom is 0.0479 e. The van der Waals surface area contributed by atoms with Gasteiger partial charge in [-0.05, 0) is 66.5 Å². The van der Waals surface area contributed by atoms with Gasteiger partial charge in [-0.25, -0.2) is 0 Å². The second-order valence-corrected chi connectivity index (χ2v) is 6.20. The first-order valence-electron chi connectivity index (χ1n) is 5.88. The Hall–Kier alpha value is 0.0400. The first kappa shape index (κ1) is 12.5. The molecule has 0 saturated heterocycles. The van der Waals surface area contributed by atoms with Gasteiger partial charge in [-0.3, -0.25) is 0 Å². The van der Waals surface area contributed by atoms with Crippen LogP contribution in [0.3, 0.4) is 0 Å². The summed E-state index contributed by atoms with van der Waals surface area (Å²) < 4.78 is 1.20. The number of rotatable bonds is 3. The second-order valence-electron chi connectivity index (χ2n) is 4.60. The van der Waals surface area contributed by atoms with E-state index in [0.29, 0.717) is 6.04 Å². The fraction of sp³-hybridized carbons (Fsp3) is 0.538. The number of anilines is 1. The van der Waals surface area contributed by atoms with Crippen molar-refractivity contribution in [3.63, 3.8) is 0 Å². The van der Waals surface area contributed by atoms with E-state index in [2.05, 4.69) is 40.9 Å². The lowest BCUT2D eigenvalue weighted by Crippen LogP contribution is -2.24. The van der Waals surface area contributed by atoms with Crippen LogP contribution in [0.4, 0.5) is 5.69 Å². The minimum atomic E-state index is 0.567. The average Bonchev–Trinajstić information content (AvgIpc) is 2.75. The molecule has 0 aromatic heterocycles. The van der Waals surface area contributed by atoms with Crippen molar-refractivity contribution in [2.24, 2.45) is 5.92 Å². The van der Waals surface area contributed by atoms with Crippen LogP contribution in [0.25, 0.3) is 0 Å². The number of nitrogens with one attached hydrogen (secondary N) is 1. The molecular formula is C13H17ClIN. The summed E-state index contributed by atoms with van der Waals surface area (Å²) >= 11 is 8.28. The number of benzene rings is 1. The summed E-state index contributed by atoms with van der Waals surface area (Å²) in [6, 6.07) is 6.60. The third-order valence-electron chi connectivity index (χ3n) is 3.42. The Kier molecular flexibility index (Phi) is 4.36. The van der Waals surface area contributed by atoms with E-state index in [9.17, 15) is 0 Å². The summed E-state index contributed by atoms with van der Waals surface area (Å²) in [4.78, 5) is 0. The molecule has 3 heteroatoms. The standard InChI is InChI=1S/C13H17ClIN/c1-9(10-4-2-3-5-10)16-13-7-6-11(14)8-12(13)15/h6-10,16H,2-5H2,1H3. The van der Waals surface area contributed by atoms with Gasteiger partial charge in [0, 0.05) is 20.3 Å². The molecule has 1 atom stereocenters. The molecule has 16 heavy (non-hydrogen) atoms. The maximum atomic E-state index is 5.95. The lowest BCUT2D eigenvalue weighted by molar-refractivity contribution is 0.482. The molecule has 1 aliphatic rings. The van der Waals surface area contributed by atoms with Gasteiger partial charge in [-0.15, -0.1) is 0 Å². The summed E-state index contributed by atoms with van der Waals surface area (Å²) in [5.41, 5.74) is 1.21. The molecule has 1 nitrogen and oxygen atoms in total. The number of halogens is 2. The van der Waals surface area contributed by atoms with Gasteiger partial charge in [0.2, 0.25) is 0 Å². The second kappa shape index (κ2) is 5.58. The van der Waals surface area contributed by atoms with E-state index < -0.39 is 0 Å². The summed E-state index contributed by atoms with van der Waals surface area (Å²) in [6.07, 6.45) is 5.54. The van der Waals surface area contributed by atoms with Crippen LogP contribution in [-0.2, 0) is 0 Å². The Morgan fingerprint density at radius 1 is 1.38 bits per heavy atom. The molecule has 0 heterocycles. The third kappa shape index (κ3) is 3.04. The van der Waals surface area contributed by atoms with Gasteiger partial charge in [-0.2, -0.15) is 0 Å². The van der Waals surface area contributed by atoms with Crippen LogP contribution in [0.5, 0.6) is 0 Å². The molecule has 0 spiro atoms. The van der Waals surface area contributed by atoms with Crippen LogP contribution in [0, 0.1) is 9.49 Å². The molecule has 0 amide bonds. The first-order chi connectivity index (χ1) is 7.66. The van der Waals surface area contributed by atoms with Crippen LogP contribution in [-0.4, -0.2) is 6.04 Å². The Morgan fingerprint density at radius 2 is 2.06 bits per heavy atom. The topological polar surface area (TPSA) is 12.0 Å². The van der Waals surface area contributed by atoms with Crippen molar-refractivity contribution >= 4 is 39.9 Å². The SMILES string of the molecule is CC(Nc1ccc(Cl)cc1I)C1CCCC1. The highest BCUT2D eigenvalue weighted by molar-refractivity contribution is 14.1. The molecule has 0 aliphatic heterocycles. The van der Waals surface area contributed by atoms with Gasteiger partial charge in [0.1, 0.15) is 0 Å². The zero-order valence-corrected chi connectivity index (χ0v) is 12.4. The van der Waals surface area contributed by atoms with Crippen molar-refractivity contribution in [1.82, 2.24) is 0 Å². The Labute approximate surface area is 116 Å². The van der Waals surface area contributed by atoms with Crippen molar-refractivity contribution in [3.05, 3.63) is 26.8 Å². The molecule has 0 radical (unpaired) electrons. The summed E-state index contributed by atoms with van der Waals surface area (Å²) in [5, 5.41) is 4.42. The fourth-order valence-electron chi connectivity index (χ4n) is 2.43. The minimum absolute atomic E-state index is 0.567. The zero-order valence-electron chi connectivity index (χ0n) is 9.47. The lowest BCUT2D eigenvalue weighted by atomic mass is 9.99. The van der Waals surface area contributed by atoms with Crippen molar-refractivity contribution in [3.8, 4) is 0 Å². The number of hydrogen-bond acceptors (Lipinski definition) is 1. The van der Waals surface area contributed by atoms with E-state index in [-0.39, 0.29) is 0 Å².